The molecule has 4 heteroatoms. The molecule has 0 amide bonds. The first-order valence-electron chi connectivity index (χ1n) is 3.80. The highest BCUT2D eigenvalue weighted by Gasteiger charge is 2.24. The normalized spacial score (nSPS) is 31.7. The molecule has 1 aliphatic heterocycles. The molecular weight excluding hydrogens is 162 g/mol. The van der Waals surface area contributed by atoms with Crippen molar-refractivity contribution in [2.75, 3.05) is 11.5 Å². The fourth-order valence-corrected chi connectivity index (χ4v) is 2.31. The van der Waals surface area contributed by atoms with Gasteiger partial charge in [-0.25, -0.2) is 0 Å². The Bertz CT molecular complexity index is 151. The van der Waals surface area contributed by atoms with Crippen molar-refractivity contribution in [3.63, 3.8) is 0 Å². The van der Waals surface area contributed by atoms with E-state index in [0.717, 1.165) is 12.2 Å². The summed E-state index contributed by atoms with van der Waals surface area (Å²) in [7, 11) is 0. The van der Waals surface area contributed by atoms with Crippen LogP contribution in [0.2, 0.25) is 0 Å². The van der Waals surface area contributed by atoms with Crippen molar-refractivity contribution in [1.29, 1.82) is 0 Å². The molecule has 1 saturated heterocycles. The Morgan fingerprint density at radius 1 is 1.73 bits per heavy atom. The Balaban J connectivity index is 2.39. The molecule has 0 aromatic heterocycles. The topological polar surface area (TPSA) is 49.3 Å². The van der Waals surface area contributed by atoms with Crippen LogP contribution in [0.4, 0.5) is 0 Å². The Hall–Kier alpha value is -0.220. The summed E-state index contributed by atoms with van der Waals surface area (Å²) in [5.41, 5.74) is 0. The molecule has 1 aliphatic rings. The van der Waals surface area contributed by atoms with Crippen LogP contribution in [0.5, 0.6) is 0 Å². The quantitative estimate of drug-likeness (QED) is 0.643. The van der Waals surface area contributed by atoms with Crippen molar-refractivity contribution < 1.29 is 9.90 Å². The second kappa shape index (κ2) is 3.97. The molecular formula is C7H13NO2S. The van der Waals surface area contributed by atoms with Gasteiger partial charge in [-0.2, -0.15) is 11.8 Å². The molecule has 1 heterocycles. The first-order valence-corrected chi connectivity index (χ1v) is 4.96. The summed E-state index contributed by atoms with van der Waals surface area (Å²) >= 11 is 1.72. The highest BCUT2D eigenvalue weighted by atomic mass is 32.2. The minimum absolute atomic E-state index is 0.335. The SMILES string of the molecule is CCC1CSCC(C(=O)O)N1. The zero-order valence-corrected chi connectivity index (χ0v) is 7.36. The maximum absolute atomic E-state index is 10.5. The molecule has 64 valence electrons. The lowest BCUT2D eigenvalue weighted by Gasteiger charge is -2.27. The Morgan fingerprint density at radius 3 is 3.00 bits per heavy atom. The number of aliphatic carboxylic acids is 1. The minimum Gasteiger partial charge on any atom is -0.480 e. The van der Waals surface area contributed by atoms with Gasteiger partial charge in [0.2, 0.25) is 0 Å². The van der Waals surface area contributed by atoms with Crippen molar-refractivity contribution in [2.45, 2.75) is 25.4 Å². The second-order valence-electron chi connectivity index (χ2n) is 2.70. The van der Waals surface area contributed by atoms with Gasteiger partial charge in [0.15, 0.2) is 0 Å². The summed E-state index contributed by atoms with van der Waals surface area (Å²) in [5.74, 6) is 1.02. The first-order chi connectivity index (χ1) is 5.24. The Kier molecular flexibility index (Phi) is 3.20. The van der Waals surface area contributed by atoms with Crippen molar-refractivity contribution in [3.8, 4) is 0 Å². The van der Waals surface area contributed by atoms with E-state index in [-0.39, 0.29) is 6.04 Å². The van der Waals surface area contributed by atoms with Crippen LogP contribution < -0.4 is 5.32 Å². The summed E-state index contributed by atoms with van der Waals surface area (Å²) in [5, 5.41) is 11.8. The van der Waals surface area contributed by atoms with Gasteiger partial charge in [0.25, 0.3) is 0 Å². The minimum atomic E-state index is -0.726. The molecule has 0 saturated carbocycles. The number of carbonyl (C=O) groups is 1. The highest BCUT2D eigenvalue weighted by Crippen LogP contribution is 2.14. The summed E-state index contributed by atoms with van der Waals surface area (Å²) < 4.78 is 0. The second-order valence-corrected chi connectivity index (χ2v) is 3.78. The largest absolute Gasteiger partial charge is 0.480 e. The van der Waals surface area contributed by atoms with Crippen LogP contribution in [-0.4, -0.2) is 34.7 Å². The molecule has 0 aromatic carbocycles. The standard InChI is InChI=1S/C7H13NO2S/c1-2-5-3-11-4-6(8-5)7(9)10/h5-6,8H,2-4H2,1H3,(H,9,10). The zero-order chi connectivity index (χ0) is 8.27. The maximum atomic E-state index is 10.5. The van der Waals surface area contributed by atoms with Crippen LogP contribution in [-0.2, 0) is 4.79 Å². The van der Waals surface area contributed by atoms with Gasteiger partial charge in [0, 0.05) is 17.5 Å². The summed E-state index contributed by atoms with van der Waals surface area (Å²) in [6, 6.07) is 0.0496. The third kappa shape index (κ3) is 2.38. The Morgan fingerprint density at radius 2 is 2.45 bits per heavy atom. The van der Waals surface area contributed by atoms with Crippen LogP contribution >= 0.6 is 11.8 Å². The van der Waals surface area contributed by atoms with Crippen LogP contribution in [0, 0.1) is 0 Å². The molecule has 0 radical (unpaired) electrons. The maximum Gasteiger partial charge on any atom is 0.321 e. The van der Waals surface area contributed by atoms with Crippen LogP contribution in [0.3, 0.4) is 0 Å². The molecule has 0 aliphatic carbocycles. The zero-order valence-electron chi connectivity index (χ0n) is 6.54. The number of nitrogens with one attached hydrogen (secondary N) is 1. The van der Waals surface area contributed by atoms with E-state index in [4.69, 9.17) is 5.11 Å². The number of hydrogen-bond donors (Lipinski definition) is 2. The molecule has 2 unspecified atom stereocenters. The summed E-state index contributed by atoms with van der Waals surface area (Å²) in [6.45, 7) is 2.07. The van der Waals surface area contributed by atoms with Crippen LogP contribution in [0.1, 0.15) is 13.3 Å². The van der Waals surface area contributed by atoms with E-state index in [1.165, 1.54) is 0 Å². The van der Waals surface area contributed by atoms with Crippen LogP contribution in [0.15, 0.2) is 0 Å². The van der Waals surface area contributed by atoms with Gasteiger partial charge in [-0.05, 0) is 6.42 Å². The van der Waals surface area contributed by atoms with Gasteiger partial charge in [-0.15, -0.1) is 0 Å². The first kappa shape index (κ1) is 8.87. The molecule has 11 heavy (non-hydrogen) atoms. The molecule has 2 N–H and O–H groups in total. The number of hydrogen-bond acceptors (Lipinski definition) is 3. The van der Waals surface area contributed by atoms with Crippen molar-refractivity contribution in [2.24, 2.45) is 0 Å². The summed E-state index contributed by atoms with van der Waals surface area (Å²) in [6.07, 6.45) is 1.01. The van der Waals surface area contributed by atoms with Gasteiger partial charge < -0.3 is 10.4 Å². The third-order valence-electron chi connectivity index (χ3n) is 1.83. The van der Waals surface area contributed by atoms with Gasteiger partial charge in [0.1, 0.15) is 6.04 Å². The van der Waals surface area contributed by atoms with Crippen molar-refractivity contribution in [1.82, 2.24) is 5.32 Å². The lowest BCUT2D eigenvalue weighted by atomic mass is 10.2. The average molecular weight is 175 g/mol. The number of thioether (sulfide) groups is 1. The lowest BCUT2D eigenvalue weighted by Crippen LogP contribution is -2.49. The summed E-state index contributed by atoms with van der Waals surface area (Å²) in [4.78, 5) is 10.5. The molecule has 1 rings (SSSR count). The van der Waals surface area contributed by atoms with E-state index in [1.54, 1.807) is 11.8 Å². The van der Waals surface area contributed by atoms with Gasteiger partial charge in [0.05, 0.1) is 0 Å². The third-order valence-corrected chi connectivity index (χ3v) is 3.04. The lowest BCUT2D eigenvalue weighted by molar-refractivity contribution is -0.139. The highest BCUT2D eigenvalue weighted by molar-refractivity contribution is 7.99. The van der Waals surface area contributed by atoms with Gasteiger partial charge >= 0.3 is 5.97 Å². The van der Waals surface area contributed by atoms with Crippen molar-refractivity contribution >= 4 is 17.7 Å². The number of rotatable bonds is 2. The van der Waals surface area contributed by atoms with E-state index in [0.29, 0.717) is 11.8 Å². The fraction of sp³-hybridized carbons (Fsp3) is 0.857. The van der Waals surface area contributed by atoms with E-state index in [9.17, 15) is 4.79 Å². The van der Waals surface area contributed by atoms with E-state index in [2.05, 4.69) is 12.2 Å². The van der Waals surface area contributed by atoms with Gasteiger partial charge in [-0.1, -0.05) is 6.92 Å². The van der Waals surface area contributed by atoms with Gasteiger partial charge in [-0.3, -0.25) is 4.79 Å². The van der Waals surface area contributed by atoms with E-state index in [1.807, 2.05) is 0 Å². The predicted octanol–water partition coefficient (Wildman–Crippen LogP) is 0.555. The predicted molar refractivity (Wildman–Crippen MR) is 46.0 cm³/mol. The molecule has 0 aromatic rings. The molecule has 3 nitrogen and oxygen atoms in total. The van der Waals surface area contributed by atoms with E-state index >= 15 is 0 Å². The van der Waals surface area contributed by atoms with Crippen molar-refractivity contribution in [3.05, 3.63) is 0 Å². The smallest absolute Gasteiger partial charge is 0.321 e. The number of carboxylic acids is 1. The molecule has 0 bridgehead atoms. The molecule has 1 fully saturated rings. The average Bonchev–Trinajstić information content (AvgIpc) is 2.05. The van der Waals surface area contributed by atoms with E-state index < -0.39 is 5.97 Å². The molecule has 0 spiro atoms. The monoisotopic (exact) mass is 175 g/mol. The number of carboxylic acid groups (broad SMARTS) is 1. The fourth-order valence-electron chi connectivity index (χ4n) is 1.09. The Labute approximate surface area is 70.6 Å². The van der Waals surface area contributed by atoms with Crippen LogP contribution in [0.25, 0.3) is 0 Å². The molecule has 2 atom stereocenters.